The van der Waals surface area contributed by atoms with Crippen molar-refractivity contribution in [2.45, 2.75) is 55.8 Å². The van der Waals surface area contributed by atoms with Crippen molar-refractivity contribution in [3.8, 4) is 0 Å². The first-order valence-corrected chi connectivity index (χ1v) is 13.8. The summed E-state index contributed by atoms with van der Waals surface area (Å²) in [6.45, 7) is 5.32. The Hall–Kier alpha value is -3.47. The van der Waals surface area contributed by atoms with Crippen molar-refractivity contribution >= 4 is 35.2 Å². The first-order valence-electron chi connectivity index (χ1n) is 12.6. The van der Waals surface area contributed by atoms with Crippen LogP contribution >= 0.6 is 11.8 Å². The van der Waals surface area contributed by atoms with Crippen LogP contribution in [0.5, 0.6) is 0 Å². The van der Waals surface area contributed by atoms with Crippen LogP contribution in [0.1, 0.15) is 58.9 Å². The van der Waals surface area contributed by atoms with Gasteiger partial charge in [0, 0.05) is 34.8 Å². The van der Waals surface area contributed by atoms with Crippen LogP contribution in [-0.4, -0.2) is 49.2 Å². The highest BCUT2D eigenvalue weighted by molar-refractivity contribution is 7.98. The fourth-order valence-corrected chi connectivity index (χ4v) is 4.70. The number of carbonyl (C=O) groups excluding carboxylic acids is 3. The van der Waals surface area contributed by atoms with Crippen LogP contribution < -0.4 is 21.3 Å². The van der Waals surface area contributed by atoms with Crippen LogP contribution in [0.2, 0.25) is 0 Å². The van der Waals surface area contributed by atoms with E-state index in [1.165, 1.54) is 6.07 Å². The molecule has 11 heteroatoms. The van der Waals surface area contributed by atoms with Gasteiger partial charge in [0.05, 0.1) is 17.7 Å². The summed E-state index contributed by atoms with van der Waals surface area (Å²) < 4.78 is 39.8. The van der Waals surface area contributed by atoms with E-state index >= 15 is 0 Å². The zero-order chi connectivity index (χ0) is 28.6. The Morgan fingerprint density at radius 3 is 2.18 bits per heavy atom. The minimum Gasteiger partial charge on any atom is -0.381 e. The Morgan fingerprint density at radius 2 is 1.59 bits per heavy atom. The second kappa shape index (κ2) is 13.5. The summed E-state index contributed by atoms with van der Waals surface area (Å²) in [5.74, 6) is -1.55. The highest BCUT2D eigenvalue weighted by atomic mass is 32.2. The van der Waals surface area contributed by atoms with E-state index in [2.05, 4.69) is 27.8 Å². The van der Waals surface area contributed by atoms with Gasteiger partial charge in [-0.1, -0.05) is 25.0 Å². The lowest BCUT2D eigenvalue weighted by atomic mass is 9.90. The van der Waals surface area contributed by atoms with Crippen LogP contribution in [-0.2, 0) is 11.0 Å². The Balaban J connectivity index is 1.62. The SMILES string of the molecule is C=C(C)CNc1ccc(C(F)(F)F)cc1C(=O)NCC(=O)N[C@@H]1CCCC[C@@H]1NC(=O)c1ccc(SC)cc1. The maximum atomic E-state index is 13.3. The fourth-order valence-electron chi connectivity index (χ4n) is 4.29. The Morgan fingerprint density at radius 1 is 0.949 bits per heavy atom. The highest BCUT2D eigenvalue weighted by Gasteiger charge is 2.32. The Labute approximate surface area is 230 Å². The molecule has 0 bridgehead atoms. The molecule has 3 amide bonds. The highest BCUT2D eigenvalue weighted by Crippen LogP contribution is 2.32. The lowest BCUT2D eigenvalue weighted by molar-refractivity contribution is -0.137. The Bertz CT molecular complexity index is 1200. The minimum atomic E-state index is -4.63. The number of hydrogen-bond acceptors (Lipinski definition) is 5. The normalized spacial score (nSPS) is 17.2. The van der Waals surface area contributed by atoms with Gasteiger partial charge in [0.25, 0.3) is 11.8 Å². The van der Waals surface area contributed by atoms with E-state index in [0.29, 0.717) is 18.4 Å². The summed E-state index contributed by atoms with van der Waals surface area (Å²) in [7, 11) is 0. The number of benzene rings is 2. The summed E-state index contributed by atoms with van der Waals surface area (Å²) in [6, 6.07) is 9.45. The van der Waals surface area contributed by atoms with Crippen molar-refractivity contribution < 1.29 is 27.6 Å². The fraction of sp³-hybridized carbons (Fsp3) is 0.393. The number of carbonyl (C=O) groups is 3. The van der Waals surface area contributed by atoms with E-state index in [1.54, 1.807) is 30.8 Å². The monoisotopic (exact) mass is 562 g/mol. The second-order valence-corrected chi connectivity index (χ2v) is 10.4. The molecule has 39 heavy (non-hydrogen) atoms. The molecule has 1 aliphatic rings. The molecule has 4 N–H and O–H groups in total. The van der Waals surface area contributed by atoms with Crippen molar-refractivity contribution in [3.05, 3.63) is 71.3 Å². The molecule has 2 aromatic carbocycles. The average molecular weight is 563 g/mol. The molecule has 210 valence electrons. The predicted octanol–water partition coefficient (Wildman–Crippen LogP) is 5.00. The van der Waals surface area contributed by atoms with Crippen molar-refractivity contribution in [3.63, 3.8) is 0 Å². The van der Waals surface area contributed by atoms with Gasteiger partial charge in [-0.05, 0) is 68.5 Å². The smallest absolute Gasteiger partial charge is 0.381 e. The number of halogens is 3. The first-order chi connectivity index (χ1) is 18.5. The molecule has 2 aromatic rings. The Kier molecular flexibility index (Phi) is 10.4. The van der Waals surface area contributed by atoms with E-state index in [1.807, 2.05) is 18.4 Å². The van der Waals surface area contributed by atoms with Gasteiger partial charge in [0.15, 0.2) is 0 Å². The third kappa shape index (κ3) is 8.77. The summed E-state index contributed by atoms with van der Waals surface area (Å²) >= 11 is 1.58. The number of rotatable bonds is 10. The molecular weight excluding hydrogens is 529 g/mol. The molecule has 0 aliphatic heterocycles. The third-order valence-electron chi connectivity index (χ3n) is 6.36. The second-order valence-electron chi connectivity index (χ2n) is 9.52. The van der Waals surface area contributed by atoms with Gasteiger partial charge >= 0.3 is 6.18 Å². The molecule has 2 atom stereocenters. The maximum absolute atomic E-state index is 13.3. The van der Waals surface area contributed by atoms with Gasteiger partial charge in [0.2, 0.25) is 5.91 Å². The number of hydrogen-bond donors (Lipinski definition) is 4. The summed E-state index contributed by atoms with van der Waals surface area (Å²) in [5, 5.41) is 11.2. The molecule has 0 heterocycles. The third-order valence-corrected chi connectivity index (χ3v) is 7.11. The summed E-state index contributed by atoms with van der Waals surface area (Å²) in [4.78, 5) is 39.3. The van der Waals surface area contributed by atoms with E-state index in [4.69, 9.17) is 0 Å². The van der Waals surface area contributed by atoms with Crippen LogP contribution in [0.3, 0.4) is 0 Å². The van der Waals surface area contributed by atoms with Gasteiger partial charge in [-0.2, -0.15) is 13.2 Å². The van der Waals surface area contributed by atoms with Crippen LogP contribution in [0.25, 0.3) is 0 Å². The van der Waals surface area contributed by atoms with Crippen molar-refractivity contribution in [2.75, 3.05) is 24.7 Å². The molecule has 0 radical (unpaired) electrons. The lowest BCUT2D eigenvalue weighted by Crippen LogP contribution is -2.54. The van der Waals surface area contributed by atoms with Gasteiger partial charge in [-0.3, -0.25) is 14.4 Å². The van der Waals surface area contributed by atoms with Crippen molar-refractivity contribution in [1.29, 1.82) is 0 Å². The van der Waals surface area contributed by atoms with Gasteiger partial charge < -0.3 is 21.3 Å². The van der Waals surface area contributed by atoms with E-state index in [0.717, 1.165) is 35.4 Å². The molecule has 1 aliphatic carbocycles. The number of nitrogens with one attached hydrogen (secondary N) is 4. The largest absolute Gasteiger partial charge is 0.416 e. The molecule has 0 spiro atoms. The number of anilines is 1. The van der Waals surface area contributed by atoms with Crippen LogP contribution in [0.15, 0.2) is 59.5 Å². The van der Waals surface area contributed by atoms with Crippen LogP contribution in [0, 0.1) is 0 Å². The molecule has 1 saturated carbocycles. The van der Waals surface area contributed by atoms with E-state index < -0.39 is 30.1 Å². The molecule has 0 aromatic heterocycles. The first kappa shape index (κ1) is 30.1. The van der Waals surface area contributed by atoms with E-state index in [-0.39, 0.29) is 35.8 Å². The molecule has 3 rings (SSSR count). The molecule has 7 nitrogen and oxygen atoms in total. The summed E-state index contributed by atoms with van der Waals surface area (Å²) in [5.41, 5.74) is 0.250. The maximum Gasteiger partial charge on any atom is 0.416 e. The number of thioether (sulfide) groups is 1. The summed E-state index contributed by atoms with van der Waals surface area (Å²) in [6.07, 6.45) is 0.429. The predicted molar refractivity (Wildman–Crippen MR) is 147 cm³/mol. The minimum absolute atomic E-state index is 0.199. The zero-order valence-electron chi connectivity index (χ0n) is 21.9. The molecular formula is C28H33F3N4O3S. The van der Waals surface area contributed by atoms with Gasteiger partial charge in [0.1, 0.15) is 0 Å². The van der Waals surface area contributed by atoms with E-state index in [9.17, 15) is 27.6 Å². The molecule has 0 unspecified atom stereocenters. The van der Waals surface area contributed by atoms with Crippen molar-refractivity contribution in [1.82, 2.24) is 16.0 Å². The number of alkyl halides is 3. The lowest BCUT2D eigenvalue weighted by Gasteiger charge is -2.33. The average Bonchev–Trinajstić information content (AvgIpc) is 2.91. The van der Waals surface area contributed by atoms with Gasteiger partial charge in [-0.15, -0.1) is 11.8 Å². The van der Waals surface area contributed by atoms with Crippen LogP contribution in [0.4, 0.5) is 18.9 Å². The quantitative estimate of drug-likeness (QED) is 0.241. The standard InChI is InChI=1S/C28H33F3N4O3S/c1-17(2)15-32-22-13-10-19(28(29,30)31)14-21(22)27(38)33-16-25(36)34-23-6-4-5-7-24(23)35-26(37)18-8-11-20(39-3)12-9-18/h8-14,23-24,32H,1,4-7,15-16H2,2-3H3,(H,33,38)(H,34,36)(H,35,37)/t23-,24+/m1/s1. The van der Waals surface area contributed by atoms with Gasteiger partial charge in [-0.25, -0.2) is 0 Å². The zero-order valence-corrected chi connectivity index (χ0v) is 22.7. The topological polar surface area (TPSA) is 99.3 Å². The number of amides is 3. The van der Waals surface area contributed by atoms with Crippen molar-refractivity contribution in [2.24, 2.45) is 0 Å². The molecule has 0 saturated heterocycles. The molecule has 1 fully saturated rings.